The predicted octanol–water partition coefficient (Wildman–Crippen LogP) is -1.51. The van der Waals surface area contributed by atoms with Crippen molar-refractivity contribution in [2.45, 2.75) is 32.4 Å². The lowest BCUT2D eigenvalue weighted by Gasteiger charge is -2.05. The second-order valence-corrected chi connectivity index (χ2v) is 5.61. The summed E-state index contributed by atoms with van der Waals surface area (Å²) >= 11 is 0. The molecule has 0 aromatic carbocycles. The molecule has 0 spiro atoms. The number of hydrogen-bond donors (Lipinski definition) is 6. The number of nitrogens with one attached hydrogen (secondary N) is 6. The zero-order valence-corrected chi connectivity index (χ0v) is 13.7. The van der Waals surface area contributed by atoms with Crippen molar-refractivity contribution in [3.8, 4) is 0 Å². The molecule has 0 saturated heterocycles. The van der Waals surface area contributed by atoms with E-state index in [-0.39, 0.29) is 11.1 Å². The highest BCUT2D eigenvalue weighted by molar-refractivity contribution is 5.03. The number of aromatic amines is 4. The van der Waals surface area contributed by atoms with Crippen LogP contribution in [-0.4, -0.2) is 33.0 Å². The van der Waals surface area contributed by atoms with Gasteiger partial charge >= 0.3 is 11.4 Å². The Labute approximate surface area is 142 Å². The molecule has 0 amide bonds. The summed E-state index contributed by atoms with van der Waals surface area (Å²) in [6, 6.07) is 0. The van der Waals surface area contributed by atoms with Gasteiger partial charge in [-0.25, -0.2) is 9.59 Å². The third-order valence-corrected chi connectivity index (χ3v) is 3.63. The van der Waals surface area contributed by atoms with E-state index in [4.69, 9.17) is 0 Å². The number of rotatable bonds is 10. The lowest BCUT2D eigenvalue weighted by Crippen LogP contribution is -2.28. The van der Waals surface area contributed by atoms with Crippen LogP contribution < -0.4 is 33.1 Å². The Morgan fingerprint density at radius 2 is 1.12 bits per heavy atom. The first kappa shape index (κ1) is 18.6. The number of hydrogen-bond acceptors (Lipinski definition) is 6. The summed E-state index contributed by atoms with van der Waals surface area (Å²) in [4.78, 5) is 53.9. The van der Waals surface area contributed by atoms with Gasteiger partial charge in [-0.15, -0.1) is 0 Å². The summed E-state index contributed by atoms with van der Waals surface area (Å²) < 4.78 is 0. The van der Waals surface area contributed by atoms with Gasteiger partial charge in [0.15, 0.2) is 0 Å². The average molecular weight is 350 g/mol. The molecule has 2 rings (SSSR count). The molecular formula is C15H22N6O4. The standard InChI is InChI=1S/C15H22N6O4/c22-12-10(8-18-14(24)20-12)6-16-4-2-1-3-5-17-7-11-9-19-15(25)21-13(11)23/h8-9,16-17H,1-7H2,(H2,18,20,22,24)(H2,19,21,23,25). The van der Waals surface area contributed by atoms with Crippen molar-refractivity contribution in [1.29, 1.82) is 0 Å². The fourth-order valence-electron chi connectivity index (χ4n) is 2.26. The van der Waals surface area contributed by atoms with E-state index in [1.807, 2.05) is 0 Å². The highest BCUT2D eigenvalue weighted by Gasteiger charge is 2.00. The van der Waals surface area contributed by atoms with E-state index in [1.54, 1.807) is 0 Å². The van der Waals surface area contributed by atoms with Crippen molar-refractivity contribution >= 4 is 0 Å². The minimum Gasteiger partial charge on any atom is -0.314 e. The minimum atomic E-state index is -0.509. The Morgan fingerprint density at radius 3 is 1.52 bits per heavy atom. The van der Waals surface area contributed by atoms with E-state index in [9.17, 15) is 19.2 Å². The molecule has 0 aliphatic carbocycles. The molecule has 2 aromatic rings. The summed E-state index contributed by atoms with van der Waals surface area (Å²) in [6.45, 7) is 2.33. The van der Waals surface area contributed by atoms with Crippen molar-refractivity contribution in [3.63, 3.8) is 0 Å². The normalized spacial score (nSPS) is 10.9. The van der Waals surface area contributed by atoms with Crippen LogP contribution >= 0.6 is 0 Å². The monoisotopic (exact) mass is 350 g/mol. The van der Waals surface area contributed by atoms with Crippen molar-refractivity contribution in [3.05, 3.63) is 65.2 Å². The molecule has 0 bridgehead atoms. The van der Waals surface area contributed by atoms with Crippen LogP contribution in [-0.2, 0) is 13.1 Å². The Bertz CT molecular complexity index is 820. The first-order valence-corrected chi connectivity index (χ1v) is 8.09. The number of aromatic nitrogens is 4. The third-order valence-electron chi connectivity index (χ3n) is 3.63. The molecule has 25 heavy (non-hydrogen) atoms. The molecule has 0 unspecified atom stereocenters. The Hall–Kier alpha value is -2.72. The Morgan fingerprint density at radius 1 is 0.680 bits per heavy atom. The zero-order valence-electron chi connectivity index (χ0n) is 13.7. The van der Waals surface area contributed by atoms with Gasteiger partial charge < -0.3 is 20.6 Å². The molecular weight excluding hydrogens is 328 g/mol. The molecule has 2 aromatic heterocycles. The number of unbranched alkanes of at least 4 members (excludes halogenated alkanes) is 2. The van der Waals surface area contributed by atoms with Gasteiger partial charge in [-0.05, 0) is 25.9 Å². The quantitative estimate of drug-likeness (QED) is 0.286. The lowest BCUT2D eigenvalue weighted by atomic mass is 10.2. The van der Waals surface area contributed by atoms with Crippen molar-refractivity contribution < 1.29 is 0 Å². The van der Waals surface area contributed by atoms with Crippen molar-refractivity contribution in [2.24, 2.45) is 0 Å². The molecule has 0 saturated carbocycles. The summed E-state index contributed by atoms with van der Waals surface area (Å²) in [5, 5.41) is 6.30. The third kappa shape index (κ3) is 6.36. The maximum atomic E-state index is 11.5. The van der Waals surface area contributed by atoms with E-state index in [0.717, 1.165) is 32.4 Å². The minimum absolute atomic E-state index is 0.377. The molecule has 136 valence electrons. The largest absolute Gasteiger partial charge is 0.325 e. The summed E-state index contributed by atoms with van der Waals surface area (Å²) in [7, 11) is 0. The maximum Gasteiger partial charge on any atom is 0.325 e. The topological polar surface area (TPSA) is 155 Å². The second kappa shape index (κ2) is 9.55. The first-order chi connectivity index (χ1) is 12.1. The predicted molar refractivity (Wildman–Crippen MR) is 92.6 cm³/mol. The lowest BCUT2D eigenvalue weighted by molar-refractivity contribution is 0.568. The summed E-state index contributed by atoms with van der Waals surface area (Å²) in [6.07, 6.45) is 5.71. The summed E-state index contributed by atoms with van der Waals surface area (Å²) in [5.41, 5.74) is -0.787. The van der Waals surface area contributed by atoms with Crippen molar-refractivity contribution in [1.82, 2.24) is 30.6 Å². The van der Waals surface area contributed by atoms with Crippen LogP contribution in [0.15, 0.2) is 31.6 Å². The molecule has 6 N–H and O–H groups in total. The van der Waals surface area contributed by atoms with E-state index in [2.05, 4.69) is 30.6 Å². The van der Waals surface area contributed by atoms with Gasteiger partial charge in [0, 0.05) is 36.6 Å². The Kier molecular flexibility index (Phi) is 7.11. The van der Waals surface area contributed by atoms with Crippen LogP contribution in [0.5, 0.6) is 0 Å². The van der Waals surface area contributed by atoms with Crippen LogP contribution in [0.1, 0.15) is 30.4 Å². The van der Waals surface area contributed by atoms with Gasteiger partial charge in [0.1, 0.15) is 0 Å². The van der Waals surface area contributed by atoms with E-state index >= 15 is 0 Å². The molecule has 0 radical (unpaired) electrons. The van der Waals surface area contributed by atoms with Crippen LogP contribution in [0.25, 0.3) is 0 Å². The van der Waals surface area contributed by atoms with Gasteiger partial charge in [-0.3, -0.25) is 19.6 Å². The zero-order chi connectivity index (χ0) is 18.1. The molecule has 0 atom stereocenters. The van der Waals surface area contributed by atoms with Crippen molar-refractivity contribution in [2.75, 3.05) is 13.1 Å². The number of H-pyrrole nitrogens is 4. The molecule has 2 heterocycles. The van der Waals surface area contributed by atoms with E-state index in [0.29, 0.717) is 24.2 Å². The highest BCUT2D eigenvalue weighted by atomic mass is 16.2. The van der Waals surface area contributed by atoms with Gasteiger partial charge in [-0.2, -0.15) is 0 Å². The van der Waals surface area contributed by atoms with Crippen LogP contribution in [0.4, 0.5) is 0 Å². The van der Waals surface area contributed by atoms with Crippen LogP contribution in [0, 0.1) is 0 Å². The molecule has 0 aliphatic rings. The second-order valence-electron chi connectivity index (χ2n) is 5.61. The van der Waals surface area contributed by atoms with Gasteiger partial charge in [0.25, 0.3) is 11.1 Å². The molecule has 0 aliphatic heterocycles. The fourth-order valence-corrected chi connectivity index (χ4v) is 2.26. The smallest absolute Gasteiger partial charge is 0.314 e. The highest BCUT2D eigenvalue weighted by Crippen LogP contribution is 1.94. The van der Waals surface area contributed by atoms with Gasteiger partial charge in [0.2, 0.25) is 0 Å². The van der Waals surface area contributed by atoms with Gasteiger partial charge in [0.05, 0.1) is 0 Å². The van der Waals surface area contributed by atoms with Crippen LogP contribution in [0.2, 0.25) is 0 Å². The van der Waals surface area contributed by atoms with Gasteiger partial charge in [-0.1, -0.05) is 6.42 Å². The fraction of sp³-hybridized carbons (Fsp3) is 0.467. The van der Waals surface area contributed by atoms with E-state index in [1.165, 1.54) is 12.4 Å². The first-order valence-electron chi connectivity index (χ1n) is 8.09. The average Bonchev–Trinajstić information content (AvgIpc) is 2.56. The maximum absolute atomic E-state index is 11.5. The molecule has 10 nitrogen and oxygen atoms in total. The molecule has 10 heteroatoms. The molecule has 0 fully saturated rings. The SMILES string of the molecule is O=c1[nH]cc(CNCCCCCNCc2c[nH]c(=O)[nH]c2=O)c(=O)[nH]1. The summed E-state index contributed by atoms with van der Waals surface area (Å²) in [5.74, 6) is 0. The Balaban J connectivity index is 1.53. The van der Waals surface area contributed by atoms with E-state index < -0.39 is 11.4 Å². The van der Waals surface area contributed by atoms with Crippen LogP contribution in [0.3, 0.4) is 0 Å².